The SMILES string of the molecule is Cc1nc2ccc([C@H]3C[C@@H]3c3cc(C4CNC(=O)NC4=O)nn4ccnc34)cc2s1. The molecule has 3 amide bonds. The first kappa shape index (κ1) is 17.5. The van der Waals surface area contributed by atoms with E-state index in [0.29, 0.717) is 17.5 Å². The minimum Gasteiger partial charge on any atom is -0.337 e. The fourth-order valence-electron chi connectivity index (χ4n) is 4.37. The molecule has 8 nitrogen and oxygen atoms in total. The van der Waals surface area contributed by atoms with E-state index >= 15 is 0 Å². The number of carbonyl (C=O) groups is 2. The third-order valence-electron chi connectivity index (χ3n) is 5.92. The molecule has 2 aliphatic rings. The molecule has 2 N–H and O–H groups in total. The van der Waals surface area contributed by atoms with E-state index in [1.807, 2.05) is 13.0 Å². The van der Waals surface area contributed by atoms with Crippen LogP contribution in [0.4, 0.5) is 4.79 Å². The molecular weight excluding hydrogens is 400 g/mol. The number of aromatic nitrogens is 4. The minimum absolute atomic E-state index is 0.243. The first-order chi connectivity index (χ1) is 14.6. The molecule has 2 fully saturated rings. The number of nitrogens with zero attached hydrogens (tertiary/aromatic N) is 4. The predicted octanol–water partition coefficient (Wildman–Crippen LogP) is 2.84. The summed E-state index contributed by atoms with van der Waals surface area (Å²) in [5.41, 5.74) is 4.92. The van der Waals surface area contributed by atoms with Crippen molar-refractivity contribution in [2.24, 2.45) is 0 Å². The molecule has 9 heteroatoms. The summed E-state index contributed by atoms with van der Waals surface area (Å²) in [6, 6.07) is 8.04. The van der Waals surface area contributed by atoms with Crippen molar-refractivity contribution in [2.45, 2.75) is 31.1 Å². The molecule has 4 heterocycles. The molecule has 0 radical (unpaired) electrons. The van der Waals surface area contributed by atoms with Gasteiger partial charge < -0.3 is 5.32 Å². The average molecular weight is 418 g/mol. The summed E-state index contributed by atoms with van der Waals surface area (Å²) < 4.78 is 2.95. The number of imide groups is 1. The van der Waals surface area contributed by atoms with Crippen molar-refractivity contribution in [3.05, 3.63) is 58.5 Å². The van der Waals surface area contributed by atoms with Crippen molar-refractivity contribution in [3.8, 4) is 0 Å². The van der Waals surface area contributed by atoms with Crippen molar-refractivity contribution in [1.29, 1.82) is 0 Å². The van der Waals surface area contributed by atoms with E-state index in [2.05, 4.69) is 43.9 Å². The lowest BCUT2D eigenvalue weighted by atomic mass is 9.99. The van der Waals surface area contributed by atoms with E-state index in [1.54, 1.807) is 28.2 Å². The van der Waals surface area contributed by atoms with Crippen LogP contribution in [0.5, 0.6) is 0 Å². The van der Waals surface area contributed by atoms with Crippen LogP contribution in [0.2, 0.25) is 0 Å². The number of carbonyl (C=O) groups excluding carboxylic acids is 2. The summed E-state index contributed by atoms with van der Waals surface area (Å²) >= 11 is 1.72. The summed E-state index contributed by atoms with van der Waals surface area (Å²) in [5.74, 6) is -0.103. The number of aryl methyl sites for hydroxylation is 1. The summed E-state index contributed by atoms with van der Waals surface area (Å²) in [5, 5.41) is 10.7. The Morgan fingerprint density at radius 3 is 2.97 bits per heavy atom. The lowest BCUT2D eigenvalue weighted by molar-refractivity contribution is -0.122. The van der Waals surface area contributed by atoms with Crippen molar-refractivity contribution in [2.75, 3.05) is 6.54 Å². The van der Waals surface area contributed by atoms with Crippen LogP contribution in [0.3, 0.4) is 0 Å². The van der Waals surface area contributed by atoms with E-state index in [9.17, 15) is 9.59 Å². The molecule has 3 aromatic heterocycles. The van der Waals surface area contributed by atoms with Gasteiger partial charge in [0, 0.05) is 24.5 Å². The van der Waals surface area contributed by atoms with Crippen LogP contribution in [-0.4, -0.2) is 38.1 Å². The molecule has 150 valence electrons. The van der Waals surface area contributed by atoms with Crippen LogP contribution in [-0.2, 0) is 4.79 Å². The fraction of sp³-hybridized carbons (Fsp3) is 0.286. The van der Waals surface area contributed by atoms with Gasteiger partial charge in [-0.1, -0.05) is 6.07 Å². The number of fused-ring (bicyclic) bond motifs is 2. The third kappa shape index (κ3) is 2.77. The Kier molecular flexibility index (Phi) is 3.70. The Bertz CT molecular complexity index is 1340. The Labute approximate surface area is 175 Å². The van der Waals surface area contributed by atoms with E-state index in [4.69, 9.17) is 0 Å². The molecule has 0 bridgehead atoms. The second-order valence-electron chi connectivity index (χ2n) is 7.88. The lowest BCUT2D eigenvalue weighted by Crippen LogP contribution is -2.51. The molecular formula is C21H18N6O2S. The van der Waals surface area contributed by atoms with Gasteiger partial charge in [-0.2, -0.15) is 5.10 Å². The van der Waals surface area contributed by atoms with Crippen LogP contribution in [0.1, 0.15) is 46.0 Å². The van der Waals surface area contributed by atoms with Gasteiger partial charge >= 0.3 is 6.03 Å². The quantitative estimate of drug-likeness (QED) is 0.533. The molecule has 1 unspecified atom stereocenters. The zero-order valence-corrected chi connectivity index (χ0v) is 16.9. The Balaban J connectivity index is 1.37. The highest BCUT2D eigenvalue weighted by Crippen LogP contribution is 2.56. The number of hydrogen-bond donors (Lipinski definition) is 2. The molecule has 1 aliphatic carbocycles. The molecule has 1 aromatic carbocycles. The molecule has 1 saturated carbocycles. The van der Waals surface area contributed by atoms with Gasteiger partial charge in [0.1, 0.15) is 0 Å². The summed E-state index contributed by atoms with van der Waals surface area (Å²) in [6.45, 7) is 2.27. The van der Waals surface area contributed by atoms with E-state index < -0.39 is 11.9 Å². The van der Waals surface area contributed by atoms with Gasteiger partial charge in [-0.25, -0.2) is 19.3 Å². The molecule has 4 aromatic rings. The van der Waals surface area contributed by atoms with Gasteiger partial charge in [-0.15, -0.1) is 11.3 Å². The zero-order valence-electron chi connectivity index (χ0n) is 16.1. The normalized spacial score (nSPS) is 23.6. The smallest absolute Gasteiger partial charge is 0.321 e. The number of hydrogen-bond acceptors (Lipinski definition) is 6. The Hall–Kier alpha value is -3.33. The first-order valence-electron chi connectivity index (χ1n) is 9.87. The molecule has 6 rings (SSSR count). The predicted molar refractivity (Wildman–Crippen MR) is 112 cm³/mol. The van der Waals surface area contributed by atoms with Crippen LogP contribution in [0, 0.1) is 6.92 Å². The second kappa shape index (κ2) is 6.33. The van der Waals surface area contributed by atoms with Gasteiger partial charge in [0.25, 0.3) is 0 Å². The number of benzene rings is 1. The average Bonchev–Trinajstić information content (AvgIpc) is 3.20. The van der Waals surface area contributed by atoms with Crippen molar-refractivity contribution < 1.29 is 9.59 Å². The van der Waals surface area contributed by atoms with E-state index in [-0.39, 0.29) is 12.5 Å². The lowest BCUT2D eigenvalue weighted by Gasteiger charge is -2.22. The molecule has 30 heavy (non-hydrogen) atoms. The highest BCUT2D eigenvalue weighted by atomic mass is 32.1. The van der Waals surface area contributed by atoms with Gasteiger partial charge in [0.2, 0.25) is 5.91 Å². The number of thiazole rings is 1. The number of urea groups is 1. The van der Waals surface area contributed by atoms with E-state index in [0.717, 1.165) is 28.2 Å². The van der Waals surface area contributed by atoms with E-state index in [1.165, 1.54) is 10.3 Å². The molecule has 1 aliphatic heterocycles. The van der Waals surface area contributed by atoms with Gasteiger partial charge in [0.05, 0.1) is 26.8 Å². The molecule has 3 atom stereocenters. The molecule has 0 spiro atoms. The van der Waals surface area contributed by atoms with Gasteiger partial charge in [-0.05, 0) is 48.9 Å². The first-order valence-corrected chi connectivity index (χ1v) is 10.7. The van der Waals surface area contributed by atoms with Gasteiger partial charge in [0.15, 0.2) is 5.65 Å². The Morgan fingerprint density at radius 2 is 2.10 bits per heavy atom. The summed E-state index contributed by atoms with van der Waals surface area (Å²) in [4.78, 5) is 32.8. The number of rotatable bonds is 3. The summed E-state index contributed by atoms with van der Waals surface area (Å²) in [6.07, 6.45) is 4.55. The largest absolute Gasteiger partial charge is 0.337 e. The number of nitrogens with one attached hydrogen (secondary N) is 2. The maximum absolute atomic E-state index is 12.3. The minimum atomic E-state index is -0.512. The van der Waals surface area contributed by atoms with Crippen LogP contribution >= 0.6 is 11.3 Å². The van der Waals surface area contributed by atoms with Crippen molar-refractivity contribution in [1.82, 2.24) is 30.2 Å². The van der Waals surface area contributed by atoms with Crippen LogP contribution < -0.4 is 10.6 Å². The topological polar surface area (TPSA) is 101 Å². The maximum Gasteiger partial charge on any atom is 0.321 e. The molecule has 1 saturated heterocycles. The highest BCUT2D eigenvalue weighted by molar-refractivity contribution is 7.18. The Morgan fingerprint density at radius 1 is 1.20 bits per heavy atom. The van der Waals surface area contributed by atoms with Crippen LogP contribution in [0.15, 0.2) is 36.7 Å². The maximum atomic E-state index is 12.3. The second-order valence-corrected chi connectivity index (χ2v) is 9.12. The monoisotopic (exact) mass is 418 g/mol. The number of imidazole rings is 1. The third-order valence-corrected chi connectivity index (χ3v) is 6.85. The fourth-order valence-corrected chi connectivity index (χ4v) is 5.24. The van der Waals surface area contributed by atoms with Crippen molar-refractivity contribution in [3.63, 3.8) is 0 Å². The summed E-state index contributed by atoms with van der Waals surface area (Å²) in [7, 11) is 0. The van der Waals surface area contributed by atoms with Crippen molar-refractivity contribution >= 4 is 39.1 Å². The number of amides is 3. The standard InChI is InChI=1S/C21H18N6O2S/c1-10-24-16-3-2-11(6-18(16)30-10)12-7-13(12)14-8-17(26-27-5-4-22-19(14)27)15-9-23-21(29)25-20(15)28/h2-6,8,12-13,15H,7,9H2,1H3,(H2,23,25,28,29)/t12-,13+,15?/m1/s1. The zero-order chi connectivity index (χ0) is 20.4. The van der Waals surface area contributed by atoms with Crippen LogP contribution in [0.25, 0.3) is 15.9 Å². The highest BCUT2D eigenvalue weighted by Gasteiger charge is 2.42. The van der Waals surface area contributed by atoms with Gasteiger partial charge in [-0.3, -0.25) is 10.1 Å².